The van der Waals surface area contributed by atoms with Gasteiger partial charge >= 0.3 is 0 Å². The molecule has 1 aliphatic rings. The van der Waals surface area contributed by atoms with Gasteiger partial charge in [0.25, 0.3) is 0 Å². The highest BCUT2D eigenvalue weighted by atomic mass is 16.1. The number of carbonyl (C=O) groups is 1. The van der Waals surface area contributed by atoms with Crippen LogP contribution in [0.2, 0.25) is 0 Å². The van der Waals surface area contributed by atoms with Crippen LogP contribution in [-0.4, -0.2) is 30.3 Å². The first-order valence-corrected chi connectivity index (χ1v) is 7.44. The van der Waals surface area contributed by atoms with E-state index in [9.17, 15) is 4.79 Å². The van der Waals surface area contributed by atoms with Crippen LogP contribution >= 0.6 is 0 Å². The predicted molar refractivity (Wildman–Crippen MR) is 79.7 cm³/mol. The number of likely N-dealkylation sites (tertiary alicyclic amines) is 1. The summed E-state index contributed by atoms with van der Waals surface area (Å²) in [5, 5.41) is 0. The molecule has 1 heterocycles. The molecule has 2 nitrogen and oxygen atoms in total. The number of ketones is 1. The highest BCUT2D eigenvalue weighted by Gasteiger charge is 2.20. The first-order valence-electron chi connectivity index (χ1n) is 7.44. The fraction of sp³-hybridized carbons (Fsp3) is 0.588. The van der Waals surface area contributed by atoms with E-state index in [-0.39, 0.29) is 11.7 Å². The van der Waals surface area contributed by atoms with E-state index in [2.05, 4.69) is 37.8 Å². The average Bonchev–Trinajstić information content (AvgIpc) is 2.90. The maximum absolute atomic E-state index is 12.4. The highest BCUT2D eigenvalue weighted by Crippen LogP contribution is 2.18. The number of nitrogens with zero attached hydrogens (tertiary/aromatic N) is 1. The lowest BCUT2D eigenvalue weighted by molar-refractivity contribution is 0.0903. The van der Waals surface area contributed by atoms with Crippen molar-refractivity contribution < 1.29 is 4.79 Å². The number of hydrogen-bond donors (Lipinski definition) is 0. The molecule has 2 rings (SSSR count). The Morgan fingerprint density at radius 1 is 1.11 bits per heavy atom. The van der Waals surface area contributed by atoms with Crippen molar-refractivity contribution in [1.82, 2.24) is 4.90 Å². The third-order valence-corrected chi connectivity index (χ3v) is 4.04. The van der Waals surface area contributed by atoms with Crippen LogP contribution in [0, 0.1) is 5.92 Å². The monoisotopic (exact) mass is 259 g/mol. The molecule has 0 amide bonds. The molecule has 1 saturated heterocycles. The summed E-state index contributed by atoms with van der Waals surface area (Å²) < 4.78 is 0. The fourth-order valence-electron chi connectivity index (χ4n) is 2.75. The van der Waals surface area contributed by atoms with Crippen LogP contribution < -0.4 is 0 Å². The lowest BCUT2D eigenvalue weighted by Gasteiger charge is -2.19. The highest BCUT2D eigenvalue weighted by molar-refractivity contribution is 5.97. The topological polar surface area (TPSA) is 20.3 Å². The molecule has 2 heteroatoms. The van der Waals surface area contributed by atoms with E-state index in [1.54, 1.807) is 0 Å². The summed E-state index contributed by atoms with van der Waals surface area (Å²) in [6.07, 6.45) is 2.56. The zero-order chi connectivity index (χ0) is 13.8. The van der Waals surface area contributed by atoms with Crippen LogP contribution in [0.15, 0.2) is 24.3 Å². The van der Waals surface area contributed by atoms with E-state index in [1.165, 1.54) is 18.4 Å². The molecule has 1 aliphatic heterocycles. The second-order valence-corrected chi connectivity index (χ2v) is 6.05. The van der Waals surface area contributed by atoms with Gasteiger partial charge in [0.05, 0.1) is 0 Å². The Labute approximate surface area is 116 Å². The van der Waals surface area contributed by atoms with Gasteiger partial charge in [0.15, 0.2) is 5.78 Å². The van der Waals surface area contributed by atoms with Gasteiger partial charge in [-0.3, -0.25) is 4.79 Å². The molecular weight excluding hydrogens is 234 g/mol. The SMILES string of the molecule is CC(CN1CCCC1)C(=O)c1ccc(C(C)C)cc1. The largest absolute Gasteiger partial charge is 0.303 e. The molecule has 0 spiro atoms. The van der Waals surface area contributed by atoms with Crippen molar-refractivity contribution in [1.29, 1.82) is 0 Å². The van der Waals surface area contributed by atoms with Crippen molar-refractivity contribution in [2.24, 2.45) is 5.92 Å². The Balaban J connectivity index is 1.97. The van der Waals surface area contributed by atoms with Crippen molar-refractivity contribution in [2.75, 3.05) is 19.6 Å². The van der Waals surface area contributed by atoms with Gasteiger partial charge in [-0.25, -0.2) is 0 Å². The van der Waals surface area contributed by atoms with Crippen LogP contribution in [0.5, 0.6) is 0 Å². The van der Waals surface area contributed by atoms with Crippen LogP contribution in [0.3, 0.4) is 0 Å². The average molecular weight is 259 g/mol. The number of carbonyl (C=O) groups excluding carboxylic acids is 1. The fourth-order valence-corrected chi connectivity index (χ4v) is 2.75. The van der Waals surface area contributed by atoms with E-state index in [4.69, 9.17) is 0 Å². The van der Waals surface area contributed by atoms with Gasteiger partial charge in [-0.2, -0.15) is 0 Å². The minimum Gasteiger partial charge on any atom is -0.303 e. The van der Waals surface area contributed by atoms with E-state index in [0.29, 0.717) is 5.92 Å². The van der Waals surface area contributed by atoms with Crippen molar-refractivity contribution in [3.05, 3.63) is 35.4 Å². The van der Waals surface area contributed by atoms with Gasteiger partial charge in [-0.15, -0.1) is 0 Å². The van der Waals surface area contributed by atoms with Crippen molar-refractivity contribution in [2.45, 2.75) is 39.5 Å². The van der Waals surface area contributed by atoms with Gasteiger partial charge in [0.2, 0.25) is 0 Å². The maximum Gasteiger partial charge on any atom is 0.166 e. The molecule has 19 heavy (non-hydrogen) atoms. The minimum atomic E-state index is 0.1000. The number of benzene rings is 1. The molecule has 1 aromatic rings. The Bertz CT molecular complexity index is 415. The zero-order valence-electron chi connectivity index (χ0n) is 12.4. The third kappa shape index (κ3) is 3.66. The van der Waals surface area contributed by atoms with Crippen LogP contribution in [0.25, 0.3) is 0 Å². The molecule has 0 N–H and O–H groups in total. The standard InChI is InChI=1S/C17H25NO/c1-13(2)15-6-8-16(9-7-15)17(19)14(3)12-18-10-4-5-11-18/h6-9,13-14H,4-5,10-12H2,1-3H3. The van der Waals surface area contributed by atoms with E-state index in [1.807, 2.05) is 12.1 Å². The predicted octanol–water partition coefficient (Wildman–Crippen LogP) is 3.72. The Hall–Kier alpha value is -1.15. The minimum absolute atomic E-state index is 0.1000. The van der Waals surface area contributed by atoms with Gasteiger partial charge in [-0.05, 0) is 37.4 Å². The first kappa shape index (κ1) is 14.3. The molecular formula is C17H25NO. The molecule has 1 fully saturated rings. The zero-order valence-corrected chi connectivity index (χ0v) is 12.4. The summed E-state index contributed by atoms with van der Waals surface area (Å²) in [5.41, 5.74) is 2.15. The second kappa shape index (κ2) is 6.33. The lowest BCUT2D eigenvalue weighted by atomic mass is 9.95. The summed E-state index contributed by atoms with van der Waals surface area (Å²) in [7, 11) is 0. The van der Waals surface area contributed by atoms with E-state index in [0.717, 1.165) is 25.2 Å². The molecule has 104 valence electrons. The number of rotatable bonds is 5. The first-order chi connectivity index (χ1) is 9.08. The molecule has 0 aliphatic carbocycles. The van der Waals surface area contributed by atoms with Crippen LogP contribution in [0.1, 0.15) is 55.5 Å². The Morgan fingerprint density at radius 3 is 2.21 bits per heavy atom. The normalized spacial score (nSPS) is 17.9. The van der Waals surface area contributed by atoms with Gasteiger partial charge in [-0.1, -0.05) is 45.0 Å². The molecule has 1 unspecified atom stereocenters. The van der Waals surface area contributed by atoms with Gasteiger partial charge < -0.3 is 4.90 Å². The number of Topliss-reactive ketones (excluding diaryl/α,β-unsaturated/α-hetero) is 1. The van der Waals surface area contributed by atoms with Gasteiger partial charge in [0.1, 0.15) is 0 Å². The van der Waals surface area contributed by atoms with Crippen LogP contribution in [0.4, 0.5) is 0 Å². The summed E-state index contributed by atoms with van der Waals surface area (Å²) in [6, 6.07) is 8.14. The second-order valence-electron chi connectivity index (χ2n) is 6.05. The Kier molecular flexibility index (Phi) is 4.76. The lowest BCUT2D eigenvalue weighted by Crippen LogP contribution is -2.29. The summed E-state index contributed by atoms with van der Waals surface area (Å²) in [5.74, 6) is 0.899. The quantitative estimate of drug-likeness (QED) is 0.751. The molecule has 1 atom stereocenters. The summed E-state index contributed by atoms with van der Waals surface area (Å²) in [4.78, 5) is 14.8. The molecule has 0 radical (unpaired) electrons. The third-order valence-electron chi connectivity index (χ3n) is 4.04. The van der Waals surface area contributed by atoms with E-state index < -0.39 is 0 Å². The summed E-state index contributed by atoms with van der Waals surface area (Å²) >= 11 is 0. The molecule has 0 aromatic heterocycles. The summed E-state index contributed by atoms with van der Waals surface area (Å²) in [6.45, 7) is 9.62. The molecule has 0 saturated carbocycles. The van der Waals surface area contributed by atoms with Crippen LogP contribution in [-0.2, 0) is 0 Å². The van der Waals surface area contributed by atoms with Crippen molar-refractivity contribution in [3.63, 3.8) is 0 Å². The van der Waals surface area contributed by atoms with E-state index >= 15 is 0 Å². The maximum atomic E-state index is 12.4. The molecule has 0 bridgehead atoms. The van der Waals surface area contributed by atoms with Gasteiger partial charge in [0, 0.05) is 18.0 Å². The Morgan fingerprint density at radius 2 is 1.68 bits per heavy atom. The van der Waals surface area contributed by atoms with Crippen molar-refractivity contribution >= 4 is 5.78 Å². The number of hydrogen-bond acceptors (Lipinski definition) is 2. The van der Waals surface area contributed by atoms with Crippen molar-refractivity contribution in [3.8, 4) is 0 Å². The molecule has 1 aromatic carbocycles. The smallest absolute Gasteiger partial charge is 0.166 e.